The van der Waals surface area contributed by atoms with Crippen LogP contribution in [0.15, 0.2) is 42.7 Å². The van der Waals surface area contributed by atoms with Gasteiger partial charge < -0.3 is 14.4 Å². The number of amides is 1. The molecule has 6 nitrogen and oxygen atoms in total. The Labute approximate surface area is 173 Å². The van der Waals surface area contributed by atoms with Crippen LogP contribution < -0.4 is 9.47 Å². The summed E-state index contributed by atoms with van der Waals surface area (Å²) >= 11 is 0. The molecule has 3 rings (SSSR count). The van der Waals surface area contributed by atoms with E-state index < -0.39 is 0 Å². The average molecular weight is 398 g/mol. The molecule has 0 unspecified atom stereocenters. The highest BCUT2D eigenvalue weighted by Crippen LogP contribution is 2.29. The van der Waals surface area contributed by atoms with Gasteiger partial charge in [-0.05, 0) is 48.2 Å². The van der Waals surface area contributed by atoms with Gasteiger partial charge in [-0.3, -0.25) is 14.7 Å². The van der Waals surface area contributed by atoms with Gasteiger partial charge in [0.15, 0.2) is 11.5 Å². The number of carbonyl (C=O) groups is 1. The molecule has 2 heterocycles. The van der Waals surface area contributed by atoms with Crippen LogP contribution in [0.25, 0.3) is 0 Å². The Bertz CT molecular complexity index is 787. The molecule has 1 aromatic carbocycles. The van der Waals surface area contributed by atoms with Crippen LogP contribution in [0.1, 0.15) is 36.2 Å². The number of methoxy groups -OCH3 is 1. The molecule has 1 amide bonds. The van der Waals surface area contributed by atoms with Crippen molar-refractivity contribution in [3.8, 4) is 11.5 Å². The van der Waals surface area contributed by atoms with Gasteiger partial charge in [0.05, 0.1) is 13.7 Å². The predicted octanol–water partition coefficient (Wildman–Crippen LogP) is 3.47. The molecule has 0 saturated carbocycles. The molecule has 1 saturated heterocycles. The molecule has 1 aliphatic heterocycles. The highest BCUT2D eigenvalue weighted by molar-refractivity contribution is 5.95. The van der Waals surface area contributed by atoms with Crippen molar-refractivity contribution in [2.24, 2.45) is 5.92 Å². The minimum absolute atomic E-state index is 0.0422. The third-order valence-electron chi connectivity index (χ3n) is 5.18. The lowest BCUT2D eigenvalue weighted by atomic mass is 10.1. The number of nitrogens with zero attached hydrogens (tertiary/aromatic N) is 3. The van der Waals surface area contributed by atoms with Gasteiger partial charge in [0.25, 0.3) is 5.91 Å². The maximum Gasteiger partial charge on any atom is 0.254 e. The van der Waals surface area contributed by atoms with Crippen LogP contribution in [0.5, 0.6) is 11.5 Å². The van der Waals surface area contributed by atoms with Gasteiger partial charge >= 0.3 is 0 Å². The number of benzene rings is 1. The molecule has 6 heteroatoms. The lowest BCUT2D eigenvalue weighted by Gasteiger charge is -2.34. The van der Waals surface area contributed by atoms with Crippen LogP contribution >= 0.6 is 0 Å². The maximum absolute atomic E-state index is 13.0. The zero-order chi connectivity index (χ0) is 20.6. The average Bonchev–Trinajstić information content (AvgIpc) is 2.74. The summed E-state index contributed by atoms with van der Waals surface area (Å²) in [5.74, 6) is 1.92. The molecule has 1 aromatic heterocycles. The Hall–Kier alpha value is -2.60. The molecule has 0 radical (unpaired) electrons. The van der Waals surface area contributed by atoms with E-state index in [0.717, 1.165) is 39.1 Å². The summed E-state index contributed by atoms with van der Waals surface area (Å²) in [7, 11) is 1.61. The molecule has 0 N–H and O–H groups in total. The van der Waals surface area contributed by atoms with Crippen LogP contribution in [-0.4, -0.2) is 60.6 Å². The zero-order valence-electron chi connectivity index (χ0n) is 17.6. The van der Waals surface area contributed by atoms with E-state index >= 15 is 0 Å². The van der Waals surface area contributed by atoms with E-state index in [1.807, 2.05) is 41.6 Å². The molecule has 29 heavy (non-hydrogen) atoms. The van der Waals surface area contributed by atoms with Crippen LogP contribution in [0.2, 0.25) is 0 Å². The number of pyridine rings is 1. The summed E-state index contributed by atoms with van der Waals surface area (Å²) in [6.07, 6.45) is 4.62. The molecule has 1 fully saturated rings. The van der Waals surface area contributed by atoms with Crippen molar-refractivity contribution < 1.29 is 14.3 Å². The van der Waals surface area contributed by atoms with E-state index in [-0.39, 0.29) is 5.91 Å². The molecule has 0 spiro atoms. The monoisotopic (exact) mass is 397 g/mol. The number of piperazine rings is 1. The predicted molar refractivity (Wildman–Crippen MR) is 113 cm³/mol. The Balaban J connectivity index is 1.56. The van der Waals surface area contributed by atoms with Gasteiger partial charge in [-0.1, -0.05) is 13.8 Å². The van der Waals surface area contributed by atoms with Gasteiger partial charge in [0.1, 0.15) is 0 Å². The number of hydrogen-bond acceptors (Lipinski definition) is 5. The van der Waals surface area contributed by atoms with E-state index in [2.05, 4.69) is 23.7 Å². The smallest absolute Gasteiger partial charge is 0.254 e. The molecule has 2 aromatic rings. The first-order valence-corrected chi connectivity index (χ1v) is 10.3. The first-order chi connectivity index (χ1) is 14.1. The van der Waals surface area contributed by atoms with Crippen molar-refractivity contribution in [1.82, 2.24) is 14.8 Å². The standard InChI is InChI=1S/C23H31N3O3/c1-18(2)8-15-29-21-5-4-20(16-22(21)28-3)23(27)26-13-11-25(12-14-26)17-19-6-9-24-10-7-19/h4-7,9-10,16,18H,8,11-15,17H2,1-3H3. The van der Waals surface area contributed by atoms with Crippen molar-refractivity contribution in [3.05, 3.63) is 53.9 Å². The van der Waals surface area contributed by atoms with Gasteiger partial charge in [0, 0.05) is 50.7 Å². The topological polar surface area (TPSA) is 54.9 Å². The van der Waals surface area contributed by atoms with Crippen molar-refractivity contribution in [3.63, 3.8) is 0 Å². The fourth-order valence-corrected chi connectivity index (χ4v) is 3.36. The maximum atomic E-state index is 13.0. The van der Waals surface area contributed by atoms with E-state index in [0.29, 0.717) is 29.6 Å². The lowest BCUT2D eigenvalue weighted by Crippen LogP contribution is -2.48. The Morgan fingerprint density at radius 2 is 1.79 bits per heavy atom. The molecular weight excluding hydrogens is 366 g/mol. The number of aromatic nitrogens is 1. The Kier molecular flexibility index (Phi) is 7.47. The Morgan fingerprint density at radius 1 is 1.07 bits per heavy atom. The van der Waals surface area contributed by atoms with Gasteiger partial charge in [0.2, 0.25) is 0 Å². The minimum Gasteiger partial charge on any atom is -0.493 e. The number of hydrogen-bond donors (Lipinski definition) is 0. The zero-order valence-corrected chi connectivity index (χ0v) is 17.6. The van der Waals surface area contributed by atoms with E-state index in [1.54, 1.807) is 13.2 Å². The van der Waals surface area contributed by atoms with E-state index in [4.69, 9.17) is 9.47 Å². The van der Waals surface area contributed by atoms with Crippen LogP contribution in [0.4, 0.5) is 0 Å². The van der Waals surface area contributed by atoms with Crippen LogP contribution in [0, 0.1) is 5.92 Å². The summed E-state index contributed by atoms with van der Waals surface area (Å²) in [5.41, 5.74) is 1.89. The van der Waals surface area contributed by atoms with Crippen molar-refractivity contribution in [2.75, 3.05) is 39.9 Å². The minimum atomic E-state index is 0.0422. The fraction of sp³-hybridized carbons (Fsp3) is 0.478. The van der Waals surface area contributed by atoms with Crippen molar-refractivity contribution >= 4 is 5.91 Å². The normalized spacial score (nSPS) is 14.8. The summed E-state index contributed by atoms with van der Waals surface area (Å²) in [5, 5.41) is 0. The largest absolute Gasteiger partial charge is 0.493 e. The fourth-order valence-electron chi connectivity index (χ4n) is 3.36. The van der Waals surface area contributed by atoms with Crippen molar-refractivity contribution in [1.29, 1.82) is 0 Å². The molecule has 156 valence electrons. The number of ether oxygens (including phenoxy) is 2. The third kappa shape index (κ3) is 5.94. The molecular formula is C23H31N3O3. The van der Waals surface area contributed by atoms with Gasteiger partial charge in [-0.2, -0.15) is 0 Å². The first kappa shape index (κ1) is 21.1. The first-order valence-electron chi connectivity index (χ1n) is 10.3. The molecule has 0 atom stereocenters. The van der Waals surface area contributed by atoms with Crippen LogP contribution in [-0.2, 0) is 6.54 Å². The molecule has 1 aliphatic rings. The second kappa shape index (κ2) is 10.3. The number of carbonyl (C=O) groups excluding carboxylic acids is 1. The summed E-state index contributed by atoms with van der Waals surface area (Å²) in [6, 6.07) is 9.53. The number of rotatable bonds is 8. The second-order valence-electron chi connectivity index (χ2n) is 7.82. The summed E-state index contributed by atoms with van der Waals surface area (Å²) in [6.45, 7) is 9.03. The highest BCUT2D eigenvalue weighted by Gasteiger charge is 2.23. The third-order valence-corrected chi connectivity index (χ3v) is 5.18. The summed E-state index contributed by atoms with van der Waals surface area (Å²) in [4.78, 5) is 21.3. The highest BCUT2D eigenvalue weighted by atomic mass is 16.5. The van der Waals surface area contributed by atoms with E-state index in [9.17, 15) is 4.79 Å². The SMILES string of the molecule is COc1cc(C(=O)N2CCN(Cc3ccncc3)CC2)ccc1OCCC(C)C. The second-order valence-corrected chi connectivity index (χ2v) is 7.82. The molecule has 0 bridgehead atoms. The van der Waals surface area contributed by atoms with Crippen LogP contribution in [0.3, 0.4) is 0 Å². The van der Waals surface area contributed by atoms with Gasteiger partial charge in [-0.25, -0.2) is 0 Å². The lowest BCUT2D eigenvalue weighted by molar-refractivity contribution is 0.0628. The van der Waals surface area contributed by atoms with Crippen molar-refractivity contribution in [2.45, 2.75) is 26.8 Å². The summed E-state index contributed by atoms with van der Waals surface area (Å²) < 4.78 is 11.3. The van der Waals surface area contributed by atoms with Gasteiger partial charge in [-0.15, -0.1) is 0 Å². The Morgan fingerprint density at radius 3 is 2.45 bits per heavy atom. The van der Waals surface area contributed by atoms with E-state index in [1.165, 1.54) is 5.56 Å². The molecule has 0 aliphatic carbocycles. The quantitative estimate of drug-likeness (QED) is 0.683.